The summed E-state index contributed by atoms with van der Waals surface area (Å²) in [4.78, 5) is 39.1. The smallest absolute Gasteiger partial charge is 0.272 e. The van der Waals surface area contributed by atoms with Crippen molar-refractivity contribution in [3.05, 3.63) is 167 Å². The van der Waals surface area contributed by atoms with Crippen LogP contribution in [0.2, 0.25) is 0 Å². The first-order valence-corrected chi connectivity index (χ1v) is 14.0. The number of nitrogens with one attached hydrogen (secondary N) is 2. The minimum absolute atomic E-state index is 0.0322. The van der Waals surface area contributed by atoms with E-state index in [0.717, 1.165) is 16.7 Å². The highest BCUT2D eigenvalue weighted by molar-refractivity contribution is 6.11. The van der Waals surface area contributed by atoms with E-state index in [2.05, 4.69) is 22.8 Å². The Morgan fingerprint density at radius 3 is 1.93 bits per heavy atom. The number of methoxy groups -OCH3 is 1. The van der Waals surface area contributed by atoms with Crippen molar-refractivity contribution in [3.8, 4) is 16.9 Å². The van der Waals surface area contributed by atoms with Gasteiger partial charge >= 0.3 is 0 Å². The molecule has 0 saturated heterocycles. The molecule has 0 aromatic heterocycles. The number of anilines is 1. The zero-order chi connectivity index (χ0) is 30.7. The van der Waals surface area contributed by atoms with Crippen LogP contribution in [0.15, 0.2) is 145 Å². The van der Waals surface area contributed by atoms with Crippen LogP contribution in [-0.2, 0) is 4.79 Å². The maximum absolute atomic E-state index is 13.4. The van der Waals surface area contributed by atoms with Gasteiger partial charge in [-0.1, -0.05) is 97.1 Å². The second-order valence-corrected chi connectivity index (χ2v) is 9.84. The van der Waals surface area contributed by atoms with E-state index in [-0.39, 0.29) is 11.5 Å². The first kappa shape index (κ1) is 29.5. The number of carbonyl (C=O) groups is 3. The molecule has 6 heteroatoms. The van der Waals surface area contributed by atoms with Crippen LogP contribution in [0.1, 0.15) is 31.8 Å². The summed E-state index contributed by atoms with van der Waals surface area (Å²) < 4.78 is 5.41. The Bertz CT molecular complexity index is 1810. The summed E-state index contributed by atoms with van der Waals surface area (Å²) in [5.74, 6) is -0.570. The van der Waals surface area contributed by atoms with Gasteiger partial charge in [-0.15, -0.1) is 0 Å². The molecule has 0 bridgehead atoms. The van der Waals surface area contributed by atoms with Gasteiger partial charge in [-0.3, -0.25) is 14.4 Å². The minimum atomic E-state index is -0.530. The van der Waals surface area contributed by atoms with Crippen LogP contribution in [-0.4, -0.2) is 24.7 Å². The van der Waals surface area contributed by atoms with E-state index in [9.17, 15) is 14.4 Å². The van der Waals surface area contributed by atoms with E-state index in [0.29, 0.717) is 28.1 Å². The third kappa shape index (κ3) is 7.63. The zero-order valence-electron chi connectivity index (χ0n) is 24.1. The minimum Gasteiger partial charge on any atom is -0.496 e. The number of benzene rings is 5. The first-order valence-electron chi connectivity index (χ1n) is 14.0. The largest absolute Gasteiger partial charge is 0.496 e. The number of allylic oxidation sites excluding steroid dienone is 1. The quantitative estimate of drug-likeness (QED) is 0.132. The molecule has 0 spiro atoms. The van der Waals surface area contributed by atoms with Crippen molar-refractivity contribution in [2.24, 2.45) is 0 Å². The van der Waals surface area contributed by atoms with Gasteiger partial charge < -0.3 is 15.4 Å². The Morgan fingerprint density at radius 2 is 1.25 bits per heavy atom. The van der Waals surface area contributed by atoms with Gasteiger partial charge in [0.2, 0.25) is 0 Å². The highest BCUT2D eigenvalue weighted by Crippen LogP contribution is 2.22. The molecule has 5 rings (SSSR count). The first-order chi connectivity index (χ1) is 21.5. The molecule has 216 valence electrons. The van der Waals surface area contributed by atoms with Gasteiger partial charge in [-0.05, 0) is 71.3 Å². The second-order valence-electron chi connectivity index (χ2n) is 9.84. The molecule has 0 heterocycles. The van der Waals surface area contributed by atoms with Crippen molar-refractivity contribution in [1.29, 1.82) is 0 Å². The van der Waals surface area contributed by atoms with Crippen LogP contribution in [0, 0.1) is 0 Å². The molecular weight excluding hydrogens is 548 g/mol. The fourth-order valence-corrected chi connectivity index (χ4v) is 4.49. The predicted molar refractivity (Wildman–Crippen MR) is 175 cm³/mol. The number of amides is 2. The molecular formula is C38H30N2O4. The number of ketones is 1. The molecule has 5 aromatic carbocycles. The lowest BCUT2D eigenvalue weighted by Gasteiger charge is -2.12. The Kier molecular flexibility index (Phi) is 9.55. The summed E-state index contributed by atoms with van der Waals surface area (Å²) in [6.07, 6.45) is 4.86. The van der Waals surface area contributed by atoms with E-state index in [4.69, 9.17) is 4.74 Å². The van der Waals surface area contributed by atoms with Crippen LogP contribution >= 0.6 is 0 Å². The van der Waals surface area contributed by atoms with Gasteiger partial charge in [0.1, 0.15) is 11.4 Å². The average molecular weight is 579 g/mol. The van der Waals surface area contributed by atoms with Crippen molar-refractivity contribution < 1.29 is 19.1 Å². The molecule has 44 heavy (non-hydrogen) atoms. The Morgan fingerprint density at radius 1 is 0.636 bits per heavy atom. The Hall–Kier alpha value is -6.01. The average Bonchev–Trinajstić information content (AvgIpc) is 3.08. The number of ether oxygens (including phenoxy) is 1. The maximum atomic E-state index is 13.4. The Labute approximate surface area is 256 Å². The molecule has 0 radical (unpaired) electrons. The summed E-state index contributed by atoms with van der Waals surface area (Å²) >= 11 is 0. The van der Waals surface area contributed by atoms with E-state index >= 15 is 0 Å². The molecule has 0 unspecified atom stereocenters. The number of hydrogen-bond acceptors (Lipinski definition) is 4. The number of para-hydroxylation sites is 1. The summed E-state index contributed by atoms with van der Waals surface area (Å²) in [5.41, 5.74) is 5.15. The van der Waals surface area contributed by atoms with Gasteiger partial charge in [0.25, 0.3) is 11.8 Å². The molecule has 6 nitrogen and oxygen atoms in total. The monoisotopic (exact) mass is 578 g/mol. The highest BCUT2D eigenvalue weighted by Gasteiger charge is 2.16. The standard InChI is InChI=1S/C38H30N2O4/c1-44-36-15-9-8-14-32(36)26-34(40-37(42)31-12-6-3-7-13-31)38(43)39-33-23-21-30(22-24-33)35(41)25-18-27-16-19-29(20-17-27)28-10-4-2-5-11-28/h2-26H,1H3,(H,39,43)(H,40,42)/b25-18+,34-26-. The number of rotatable bonds is 10. The van der Waals surface area contributed by atoms with Crippen LogP contribution in [0.25, 0.3) is 23.3 Å². The number of hydrogen-bond donors (Lipinski definition) is 2. The molecule has 0 aliphatic rings. The second kappa shape index (κ2) is 14.2. The zero-order valence-corrected chi connectivity index (χ0v) is 24.1. The van der Waals surface area contributed by atoms with Crippen molar-refractivity contribution in [3.63, 3.8) is 0 Å². The fraction of sp³-hybridized carbons (Fsp3) is 0.0263. The molecule has 0 fully saturated rings. The molecule has 0 saturated carbocycles. The molecule has 2 N–H and O–H groups in total. The lowest BCUT2D eigenvalue weighted by molar-refractivity contribution is -0.113. The van der Waals surface area contributed by atoms with Crippen molar-refractivity contribution in [1.82, 2.24) is 5.32 Å². The third-order valence-electron chi connectivity index (χ3n) is 6.84. The van der Waals surface area contributed by atoms with Crippen LogP contribution in [0.5, 0.6) is 5.75 Å². The van der Waals surface area contributed by atoms with E-state index in [1.54, 1.807) is 72.8 Å². The SMILES string of the molecule is COc1ccccc1/C=C(\NC(=O)c1ccccc1)C(=O)Nc1ccc(C(=O)/C=C/c2ccc(-c3ccccc3)cc2)cc1. The maximum Gasteiger partial charge on any atom is 0.272 e. The van der Waals surface area contributed by atoms with Gasteiger partial charge in [-0.2, -0.15) is 0 Å². The highest BCUT2D eigenvalue weighted by atomic mass is 16.5. The lowest BCUT2D eigenvalue weighted by Crippen LogP contribution is -2.30. The molecule has 5 aromatic rings. The van der Waals surface area contributed by atoms with Crippen molar-refractivity contribution in [2.45, 2.75) is 0 Å². The van der Waals surface area contributed by atoms with Crippen LogP contribution < -0.4 is 15.4 Å². The van der Waals surface area contributed by atoms with Gasteiger partial charge in [0.15, 0.2) is 5.78 Å². The van der Waals surface area contributed by atoms with E-state index in [1.165, 1.54) is 13.2 Å². The lowest BCUT2D eigenvalue weighted by atomic mass is 10.0. The van der Waals surface area contributed by atoms with Crippen LogP contribution in [0.3, 0.4) is 0 Å². The molecule has 0 atom stereocenters. The van der Waals surface area contributed by atoms with Gasteiger partial charge in [-0.25, -0.2) is 0 Å². The molecule has 0 aliphatic carbocycles. The van der Waals surface area contributed by atoms with Crippen molar-refractivity contribution in [2.75, 3.05) is 12.4 Å². The molecule has 2 amide bonds. The normalized spacial score (nSPS) is 11.2. The van der Waals surface area contributed by atoms with Crippen LogP contribution in [0.4, 0.5) is 5.69 Å². The summed E-state index contributed by atoms with van der Waals surface area (Å²) in [6.45, 7) is 0. The van der Waals surface area contributed by atoms with Gasteiger partial charge in [0.05, 0.1) is 7.11 Å². The summed E-state index contributed by atoms with van der Waals surface area (Å²) in [7, 11) is 1.54. The summed E-state index contributed by atoms with van der Waals surface area (Å²) in [5, 5.41) is 5.53. The Balaban J connectivity index is 1.28. The topological polar surface area (TPSA) is 84.5 Å². The van der Waals surface area contributed by atoms with Crippen molar-refractivity contribution >= 4 is 35.4 Å². The predicted octanol–water partition coefficient (Wildman–Crippen LogP) is 7.67. The summed E-state index contributed by atoms with van der Waals surface area (Å²) in [6, 6.07) is 40.5. The van der Waals surface area contributed by atoms with Gasteiger partial charge in [0, 0.05) is 22.4 Å². The number of carbonyl (C=O) groups excluding carboxylic acids is 3. The van der Waals surface area contributed by atoms with E-state index in [1.807, 2.05) is 60.7 Å². The third-order valence-corrected chi connectivity index (χ3v) is 6.84. The fourth-order valence-electron chi connectivity index (χ4n) is 4.49. The van der Waals surface area contributed by atoms with E-state index < -0.39 is 11.8 Å². The molecule has 0 aliphatic heterocycles.